The average Bonchev–Trinajstić information content (AvgIpc) is 2.16. The molecule has 0 N–H and O–H groups in total. The van der Waals surface area contributed by atoms with E-state index in [9.17, 15) is 35.1 Å². The van der Waals surface area contributed by atoms with Gasteiger partial charge in [0.2, 0.25) is 0 Å². The summed E-state index contributed by atoms with van der Waals surface area (Å²) in [4.78, 5) is 0. The van der Waals surface area contributed by atoms with Crippen LogP contribution in [0.1, 0.15) is 5.56 Å². The molecule has 1 rings (SSSR count). The van der Waals surface area contributed by atoms with Gasteiger partial charge in [-0.05, 0) is 6.07 Å². The van der Waals surface area contributed by atoms with Crippen LogP contribution in [0.4, 0.5) is 35.1 Å². The number of ether oxygens (including phenoxy) is 2. The lowest BCUT2D eigenvalue weighted by Crippen LogP contribution is -2.18. The summed E-state index contributed by atoms with van der Waals surface area (Å²) in [5, 5.41) is -1.10. The maximum atomic E-state index is 12.6. The Hall–Kier alpha value is -1.45. The Morgan fingerprint density at radius 1 is 1.00 bits per heavy atom. The molecule has 11 heteroatoms. The third kappa shape index (κ3) is 4.58. The number of hydrogen-bond acceptors (Lipinski definition) is 2. The number of rotatable bonds is 3. The number of halogens is 9. The van der Waals surface area contributed by atoms with E-state index in [1.807, 2.05) is 0 Å². The van der Waals surface area contributed by atoms with Crippen LogP contribution in [0.15, 0.2) is 12.1 Å². The highest BCUT2D eigenvalue weighted by atomic mass is 35.5. The first kappa shape index (κ1) is 16.6. The smallest absolute Gasteiger partial charge is 0.433 e. The molecular weight excluding hydrogens is 328 g/mol. The molecule has 0 aliphatic carbocycles. The molecule has 0 unspecified atom stereocenters. The Morgan fingerprint density at radius 3 is 1.95 bits per heavy atom. The fourth-order valence-electron chi connectivity index (χ4n) is 1.18. The molecule has 0 amide bonds. The number of benzene rings is 1. The van der Waals surface area contributed by atoms with Crippen molar-refractivity contribution in [2.24, 2.45) is 0 Å². The zero-order valence-corrected chi connectivity index (χ0v) is 9.71. The summed E-state index contributed by atoms with van der Waals surface area (Å²) < 4.78 is 104. The molecule has 0 fully saturated rings. The molecule has 0 saturated heterocycles. The van der Waals surface area contributed by atoms with E-state index in [4.69, 9.17) is 11.6 Å². The molecule has 20 heavy (non-hydrogen) atoms. The first-order valence-electron chi connectivity index (χ1n) is 4.51. The second kappa shape index (κ2) is 5.51. The Labute approximate surface area is 110 Å². The average molecular weight is 331 g/mol. The molecule has 1 aromatic carbocycles. The Balaban J connectivity index is 3.33. The first-order valence-corrected chi connectivity index (χ1v) is 4.89. The lowest BCUT2D eigenvalue weighted by Gasteiger charge is -2.17. The topological polar surface area (TPSA) is 18.5 Å². The van der Waals surface area contributed by atoms with Gasteiger partial charge in [-0.15, -0.1) is 13.2 Å². The van der Waals surface area contributed by atoms with Crippen LogP contribution in [0.25, 0.3) is 0 Å². The van der Waals surface area contributed by atoms with E-state index in [-0.39, 0.29) is 12.1 Å². The van der Waals surface area contributed by atoms with Gasteiger partial charge in [0.15, 0.2) is 5.75 Å². The van der Waals surface area contributed by atoms with Crippen molar-refractivity contribution >= 4 is 11.6 Å². The van der Waals surface area contributed by atoms with Crippen molar-refractivity contribution in [3.63, 3.8) is 0 Å². The van der Waals surface area contributed by atoms with Crippen LogP contribution in [-0.2, 0) is 6.18 Å². The van der Waals surface area contributed by atoms with Crippen molar-refractivity contribution in [3.8, 4) is 11.5 Å². The van der Waals surface area contributed by atoms with E-state index in [1.54, 1.807) is 0 Å². The summed E-state index contributed by atoms with van der Waals surface area (Å²) in [6.07, 6.45) is -10.5. The second-order valence-corrected chi connectivity index (χ2v) is 3.61. The summed E-state index contributed by atoms with van der Waals surface area (Å²) in [5.41, 5.74) is -1.91. The van der Waals surface area contributed by atoms with Crippen LogP contribution in [0.5, 0.6) is 11.5 Å². The first-order chi connectivity index (χ1) is 8.90. The summed E-state index contributed by atoms with van der Waals surface area (Å²) in [5.74, 6) is -2.79. The molecule has 0 bridgehead atoms. The molecule has 0 saturated carbocycles. The van der Waals surface area contributed by atoms with Crippen LogP contribution >= 0.6 is 11.6 Å². The van der Waals surface area contributed by atoms with Crippen molar-refractivity contribution in [2.45, 2.75) is 19.2 Å². The fourth-order valence-corrected chi connectivity index (χ4v) is 1.43. The minimum atomic E-state index is -5.27. The van der Waals surface area contributed by atoms with E-state index >= 15 is 0 Å². The van der Waals surface area contributed by atoms with Gasteiger partial charge in [0.25, 0.3) is 0 Å². The molecule has 0 aliphatic heterocycles. The lowest BCUT2D eigenvalue weighted by molar-refractivity contribution is -0.274. The Bertz CT molecular complexity index is 482. The van der Waals surface area contributed by atoms with Gasteiger partial charge >= 0.3 is 19.2 Å². The standard InChI is InChI=1S/C9H3ClF8O2/c10-5-2-3(20-9(16,17)18)1-4(8(13,14)15)6(5)19-7(11)12/h1-2,7H. The lowest BCUT2D eigenvalue weighted by atomic mass is 10.2. The van der Waals surface area contributed by atoms with Crippen LogP contribution in [0.3, 0.4) is 0 Å². The molecule has 0 atom stereocenters. The van der Waals surface area contributed by atoms with E-state index in [1.165, 1.54) is 0 Å². The molecule has 0 spiro atoms. The maximum Gasteiger partial charge on any atom is 0.573 e. The van der Waals surface area contributed by atoms with Crippen molar-refractivity contribution in [1.29, 1.82) is 0 Å². The predicted molar refractivity (Wildman–Crippen MR) is 49.8 cm³/mol. The molecule has 114 valence electrons. The molecule has 0 radical (unpaired) electrons. The van der Waals surface area contributed by atoms with Crippen molar-refractivity contribution in [3.05, 3.63) is 22.7 Å². The van der Waals surface area contributed by atoms with Gasteiger partial charge in [0.05, 0.1) is 5.02 Å². The molecular formula is C9H3ClF8O2. The Kier molecular flexibility index (Phi) is 4.57. The Morgan fingerprint density at radius 2 is 1.55 bits per heavy atom. The van der Waals surface area contributed by atoms with E-state index in [2.05, 4.69) is 9.47 Å². The second-order valence-electron chi connectivity index (χ2n) is 3.21. The minimum absolute atomic E-state index is 0.142. The minimum Gasteiger partial charge on any atom is -0.433 e. The van der Waals surface area contributed by atoms with Crippen LogP contribution in [0, 0.1) is 0 Å². The third-order valence-corrected chi connectivity index (χ3v) is 2.04. The monoisotopic (exact) mass is 330 g/mol. The largest absolute Gasteiger partial charge is 0.573 e. The summed E-state index contributed by atoms with van der Waals surface area (Å²) in [6, 6.07) is 0.138. The van der Waals surface area contributed by atoms with Crippen molar-refractivity contribution < 1.29 is 44.6 Å². The highest BCUT2D eigenvalue weighted by Gasteiger charge is 2.39. The van der Waals surface area contributed by atoms with E-state index in [0.717, 1.165) is 0 Å². The quantitative estimate of drug-likeness (QED) is 0.737. The summed E-state index contributed by atoms with van der Waals surface area (Å²) in [7, 11) is 0. The zero-order valence-electron chi connectivity index (χ0n) is 8.95. The number of hydrogen-bond donors (Lipinski definition) is 0. The number of alkyl halides is 8. The SMILES string of the molecule is FC(F)Oc1c(Cl)cc(OC(F)(F)F)cc1C(F)(F)F. The third-order valence-electron chi connectivity index (χ3n) is 1.76. The molecule has 0 aromatic heterocycles. The fraction of sp³-hybridized carbons (Fsp3) is 0.333. The van der Waals surface area contributed by atoms with Gasteiger partial charge in [0.1, 0.15) is 11.3 Å². The summed E-state index contributed by atoms with van der Waals surface area (Å²) in [6.45, 7) is -3.64. The molecule has 0 aliphatic rings. The van der Waals surface area contributed by atoms with Gasteiger partial charge in [-0.1, -0.05) is 11.6 Å². The highest BCUT2D eigenvalue weighted by molar-refractivity contribution is 6.32. The van der Waals surface area contributed by atoms with Crippen LogP contribution < -0.4 is 9.47 Å². The van der Waals surface area contributed by atoms with Crippen molar-refractivity contribution in [1.82, 2.24) is 0 Å². The summed E-state index contributed by atoms with van der Waals surface area (Å²) >= 11 is 5.21. The van der Waals surface area contributed by atoms with Gasteiger partial charge in [-0.25, -0.2) is 0 Å². The predicted octanol–water partition coefficient (Wildman–Crippen LogP) is 4.86. The molecule has 1 aromatic rings. The van der Waals surface area contributed by atoms with Gasteiger partial charge in [-0.3, -0.25) is 0 Å². The van der Waals surface area contributed by atoms with Gasteiger partial charge < -0.3 is 9.47 Å². The van der Waals surface area contributed by atoms with Crippen LogP contribution in [-0.4, -0.2) is 13.0 Å². The van der Waals surface area contributed by atoms with E-state index < -0.39 is 41.2 Å². The van der Waals surface area contributed by atoms with Crippen LogP contribution in [0.2, 0.25) is 5.02 Å². The van der Waals surface area contributed by atoms with E-state index in [0.29, 0.717) is 0 Å². The molecule has 2 nitrogen and oxygen atoms in total. The highest BCUT2D eigenvalue weighted by Crippen LogP contribution is 2.44. The van der Waals surface area contributed by atoms with Gasteiger partial charge in [0, 0.05) is 6.07 Å². The van der Waals surface area contributed by atoms with Crippen molar-refractivity contribution in [2.75, 3.05) is 0 Å². The normalized spacial score (nSPS) is 12.7. The van der Waals surface area contributed by atoms with Gasteiger partial charge in [-0.2, -0.15) is 22.0 Å². The molecule has 0 heterocycles. The maximum absolute atomic E-state index is 12.6. The zero-order chi connectivity index (χ0) is 15.7.